The van der Waals surface area contributed by atoms with E-state index < -0.39 is 9.84 Å². The molecule has 1 unspecified atom stereocenters. The largest absolute Gasteiger partial charge is 0.469 e. The first-order valence-corrected chi connectivity index (χ1v) is 8.84. The van der Waals surface area contributed by atoms with Crippen LogP contribution in [0.5, 0.6) is 0 Å². The average molecular weight is 308 g/mol. The molecule has 0 aliphatic heterocycles. The molecule has 0 spiro atoms. The van der Waals surface area contributed by atoms with Crippen LogP contribution in [-0.2, 0) is 19.4 Å². The van der Waals surface area contributed by atoms with Gasteiger partial charge in [0.1, 0.15) is 0 Å². The Labute approximate surface area is 125 Å². The fourth-order valence-corrected chi connectivity index (χ4v) is 3.29. The van der Waals surface area contributed by atoms with Crippen LogP contribution in [0.1, 0.15) is 30.7 Å². The number of carbonyl (C=O) groups excluding carboxylic acids is 1. The summed E-state index contributed by atoms with van der Waals surface area (Å²) >= 11 is 0. The zero-order valence-electron chi connectivity index (χ0n) is 12.3. The van der Waals surface area contributed by atoms with Crippen LogP contribution < -0.4 is 0 Å². The molecule has 4 nitrogen and oxygen atoms in total. The monoisotopic (exact) mass is 308 g/mol. The molecule has 0 radical (unpaired) electrons. The summed E-state index contributed by atoms with van der Waals surface area (Å²) in [7, 11) is -1.84. The van der Waals surface area contributed by atoms with Crippen molar-refractivity contribution in [2.24, 2.45) is 5.92 Å². The van der Waals surface area contributed by atoms with Gasteiger partial charge in [0.2, 0.25) is 0 Å². The maximum atomic E-state index is 12.0. The van der Waals surface area contributed by atoms with E-state index in [1.807, 2.05) is 0 Å². The van der Waals surface area contributed by atoms with E-state index in [0.717, 1.165) is 24.8 Å². The fraction of sp³-hybridized carbons (Fsp3) is 0.438. The van der Waals surface area contributed by atoms with Crippen LogP contribution in [-0.4, -0.2) is 27.8 Å². The lowest BCUT2D eigenvalue weighted by Crippen LogP contribution is -2.17. The van der Waals surface area contributed by atoms with Gasteiger partial charge in [-0.15, -0.1) is 0 Å². The number of hydrogen-bond acceptors (Lipinski definition) is 4. The number of hydrogen-bond donors (Lipinski definition) is 0. The summed E-state index contributed by atoms with van der Waals surface area (Å²) in [5.74, 6) is -0.161. The van der Waals surface area contributed by atoms with Crippen LogP contribution in [0.2, 0.25) is 0 Å². The Morgan fingerprint density at radius 1 is 1.24 bits per heavy atom. The van der Waals surface area contributed by atoms with E-state index in [2.05, 4.69) is 12.2 Å². The minimum absolute atomic E-state index is 0.261. The normalized spacial score (nSPS) is 16.9. The zero-order chi connectivity index (χ0) is 15.5. The summed E-state index contributed by atoms with van der Waals surface area (Å²) in [6.07, 6.45) is 8.11. The highest BCUT2D eigenvalue weighted by Crippen LogP contribution is 2.32. The molecule has 1 aromatic rings. The number of carbonyl (C=O) groups is 1. The third-order valence-corrected chi connectivity index (χ3v) is 5.00. The average Bonchev–Trinajstić information content (AvgIpc) is 2.96. The quantitative estimate of drug-likeness (QED) is 0.620. The van der Waals surface area contributed by atoms with Crippen LogP contribution in [0.4, 0.5) is 0 Å². The lowest BCUT2D eigenvalue weighted by molar-refractivity contribution is -0.142. The number of ether oxygens (including phenoxy) is 1. The molecule has 0 saturated heterocycles. The van der Waals surface area contributed by atoms with E-state index in [4.69, 9.17) is 4.74 Å². The smallest absolute Gasteiger partial charge is 0.313 e. The van der Waals surface area contributed by atoms with Crippen LogP contribution in [0.3, 0.4) is 0 Å². The minimum atomic E-state index is -3.22. The van der Waals surface area contributed by atoms with E-state index in [0.29, 0.717) is 5.92 Å². The number of sulfone groups is 1. The van der Waals surface area contributed by atoms with Crippen molar-refractivity contribution in [1.29, 1.82) is 0 Å². The van der Waals surface area contributed by atoms with Gasteiger partial charge in [-0.1, -0.05) is 24.3 Å². The Bertz CT molecular complexity index is 621. The molecule has 0 N–H and O–H groups in total. The summed E-state index contributed by atoms with van der Waals surface area (Å²) in [5.41, 5.74) is 0.807. The van der Waals surface area contributed by atoms with Gasteiger partial charge in [-0.3, -0.25) is 4.79 Å². The molecule has 0 bridgehead atoms. The van der Waals surface area contributed by atoms with Crippen LogP contribution in [0.15, 0.2) is 41.3 Å². The first-order valence-electron chi connectivity index (χ1n) is 6.94. The predicted molar refractivity (Wildman–Crippen MR) is 80.8 cm³/mol. The fourth-order valence-electron chi connectivity index (χ4n) is 2.66. The van der Waals surface area contributed by atoms with Crippen molar-refractivity contribution in [3.05, 3.63) is 42.0 Å². The van der Waals surface area contributed by atoms with Crippen LogP contribution >= 0.6 is 0 Å². The van der Waals surface area contributed by atoms with Crippen LogP contribution in [0.25, 0.3) is 0 Å². The molecule has 21 heavy (non-hydrogen) atoms. The molecule has 1 atom stereocenters. The second-order valence-electron chi connectivity index (χ2n) is 5.46. The molecule has 0 fully saturated rings. The summed E-state index contributed by atoms with van der Waals surface area (Å²) < 4.78 is 27.9. The Hall–Kier alpha value is -1.62. The first-order chi connectivity index (χ1) is 9.91. The molecule has 1 aliphatic rings. The molecule has 114 valence electrons. The van der Waals surface area contributed by atoms with E-state index in [1.54, 1.807) is 24.3 Å². The molecule has 1 aliphatic carbocycles. The second kappa shape index (κ2) is 6.43. The van der Waals surface area contributed by atoms with Crippen molar-refractivity contribution in [2.45, 2.75) is 30.1 Å². The first kappa shape index (κ1) is 15.8. The van der Waals surface area contributed by atoms with Crippen molar-refractivity contribution in [3.63, 3.8) is 0 Å². The number of allylic oxidation sites excluding steroid dienone is 2. The Kier molecular flexibility index (Phi) is 4.83. The van der Waals surface area contributed by atoms with E-state index in [9.17, 15) is 13.2 Å². The van der Waals surface area contributed by atoms with Gasteiger partial charge in [0.05, 0.1) is 17.9 Å². The SMILES string of the molecule is COC(=O)C(CC1CC=CC1)c1ccc(S(C)(=O)=O)cc1. The maximum absolute atomic E-state index is 12.0. The number of esters is 1. The van der Waals surface area contributed by atoms with Gasteiger partial charge in [0, 0.05) is 6.26 Å². The Balaban J connectivity index is 2.21. The molecule has 0 heterocycles. The number of benzene rings is 1. The number of rotatable bonds is 5. The highest BCUT2D eigenvalue weighted by molar-refractivity contribution is 7.90. The summed E-state index contributed by atoms with van der Waals surface area (Å²) in [6.45, 7) is 0. The summed E-state index contributed by atoms with van der Waals surface area (Å²) in [4.78, 5) is 12.3. The van der Waals surface area contributed by atoms with Crippen LogP contribution in [0, 0.1) is 5.92 Å². The van der Waals surface area contributed by atoms with Crippen molar-refractivity contribution in [1.82, 2.24) is 0 Å². The van der Waals surface area contributed by atoms with Gasteiger partial charge in [0.15, 0.2) is 9.84 Å². The lowest BCUT2D eigenvalue weighted by Gasteiger charge is -2.19. The standard InChI is InChI=1S/C16H20O4S/c1-20-16(17)15(11-12-5-3-4-6-12)13-7-9-14(10-8-13)21(2,18)19/h3-4,7-10,12,15H,5-6,11H2,1-2H3. The van der Waals surface area contributed by atoms with Crippen molar-refractivity contribution in [3.8, 4) is 0 Å². The Morgan fingerprint density at radius 3 is 2.29 bits per heavy atom. The minimum Gasteiger partial charge on any atom is -0.469 e. The van der Waals surface area contributed by atoms with E-state index in [1.165, 1.54) is 13.4 Å². The highest BCUT2D eigenvalue weighted by Gasteiger charge is 2.26. The highest BCUT2D eigenvalue weighted by atomic mass is 32.2. The van der Waals surface area contributed by atoms with Crippen molar-refractivity contribution < 1.29 is 17.9 Å². The predicted octanol–water partition coefficient (Wildman–Crippen LogP) is 2.70. The van der Waals surface area contributed by atoms with Gasteiger partial charge in [-0.2, -0.15) is 0 Å². The summed E-state index contributed by atoms with van der Waals surface area (Å²) in [6, 6.07) is 6.52. The molecular formula is C16H20O4S. The van der Waals surface area contributed by atoms with Gasteiger partial charge in [0.25, 0.3) is 0 Å². The van der Waals surface area contributed by atoms with E-state index in [-0.39, 0.29) is 16.8 Å². The number of methoxy groups -OCH3 is 1. The topological polar surface area (TPSA) is 60.4 Å². The molecule has 0 amide bonds. The second-order valence-corrected chi connectivity index (χ2v) is 7.48. The van der Waals surface area contributed by atoms with E-state index >= 15 is 0 Å². The lowest BCUT2D eigenvalue weighted by atomic mass is 9.87. The van der Waals surface area contributed by atoms with Gasteiger partial charge in [-0.05, 0) is 42.9 Å². The zero-order valence-corrected chi connectivity index (χ0v) is 13.1. The van der Waals surface area contributed by atoms with Gasteiger partial charge < -0.3 is 4.74 Å². The van der Waals surface area contributed by atoms with Gasteiger partial charge in [-0.25, -0.2) is 8.42 Å². The molecule has 2 rings (SSSR count). The summed E-state index contributed by atoms with van der Waals surface area (Å²) in [5, 5.41) is 0. The maximum Gasteiger partial charge on any atom is 0.313 e. The van der Waals surface area contributed by atoms with Crippen molar-refractivity contribution >= 4 is 15.8 Å². The third-order valence-electron chi connectivity index (χ3n) is 3.87. The molecule has 0 saturated carbocycles. The molecular weight excluding hydrogens is 288 g/mol. The molecule has 1 aromatic carbocycles. The molecule has 5 heteroatoms. The molecule has 0 aromatic heterocycles. The Morgan fingerprint density at radius 2 is 1.81 bits per heavy atom. The van der Waals surface area contributed by atoms with Crippen molar-refractivity contribution in [2.75, 3.05) is 13.4 Å². The third kappa shape index (κ3) is 3.94. The van der Waals surface area contributed by atoms with Gasteiger partial charge >= 0.3 is 5.97 Å².